The summed E-state index contributed by atoms with van der Waals surface area (Å²) < 4.78 is 16.1. The Morgan fingerprint density at radius 3 is 2.68 bits per heavy atom. The summed E-state index contributed by atoms with van der Waals surface area (Å²) >= 11 is 0.457. The van der Waals surface area contributed by atoms with E-state index in [-0.39, 0.29) is 5.78 Å². The average Bonchev–Trinajstić information content (AvgIpc) is 3.25. The number of Topliss-reactive ketones (excluding diaryl/α,β-unsaturated/α-hetero) is 1. The number of anilines is 1. The minimum atomic E-state index is -2.30. The fourth-order valence-electron chi connectivity index (χ4n) is 2.47. The SMILES string of the molecule is O=C(CSc1nnc(N2Cc3ccccc3[Se]2=O)s1)c1ccccc1. The average molecular weight is 434 g/mol. The van der Waals surface area contributed by atoms with E-state index in [2.05, 4.69) is 10.2 Å². The van der Waals surface area contributed by atoms with Crippen LogP contribution in [-0.4, -0.2) is 35.8 Å². The van der Waals surface area contributed by atoms with Gasteiger partial charge in [0.25, 0.3) is 0 Å². The van der Waals surface area contributed by atoms with E-state index in [1.165, 1.54) is 23.1 Å². The monoisotopic (exact) mass is 435 g/mol. The first-order valence-electron chi connectivity index (χ1n) is 7.54. The zero-order valence-corrected chi connectivity index (χ0v) is 16.3. The summed E-state index contributed by atoms with van der Waals surface area (Å²) in [5.74, 6) is 0.377. The minimum absolute atomic E-state index is 0.0612. The number of nitrogens with zero attached hydrogens (tertiary/aromatic N) is 3. The Balaban J connectivity index is 1.43. The van der Waals surface area contributed by atoms with Gasteiger partial charge in [-0.25, -0.2) is 0 Å². The maximum atomic E-state index is 12.7. The van der Waals surface area contributed by atoms with E-state index in [4.69, 9.17) is 0 Å². The number of hydrogen-bond acceptors (Lipinski definition) is 6. The molecule has 8 heteroatoms. The topological polar surface area (TPSA) is 63.2 Å². The molecule has 1 aromatic heterocycles. The second-order valence-corrected chi connectivity index (χ2v) is 10.4. The van der Waals surface area contributed by atoms with Crippen molar-refractivity contribution in [1.82, 2.24) is 10.2 Å². The fraction of sp³-hybridized carbons (Fsp3) is 0.118. The molecule has 126 valence electrons. The number of carbonyl (C=O) groups is 1. The normalized spacial score (nSPS) is 16.0. The summed E-state index contributed by atoms with van der Waals surface area (Å²) in [6, 6.07) is 17.0. The van der Waals surface area contributed by atoms with E-state index in [0.29, 0.717) is 27.3 Å². The van der Waals surface area contributed by atoms with Gasteiger partial charge in [0.15, 0.2) is 0 Å². The molecule has 5 nitrogen and oxygen atoms in total. The molecule has 0 bridgehead atoms. The number of thioether (sulfide) groups is 1. The van der Waals surface area contributed by atoms with Crippen molar-refractivity contribution in [3.05, 3.63) is 65.7 Å². The first-order valence-corrected chi connectivity index (χ1v) is 11.7. The molecular formula is C17H13N3O2S2Se. The van der Waals surface area contributed by atoms with Gasteiger partial charge in [0.05, 0.1) is 0 Å². The molecule has 0 amide bonds. The molecule has 0 radical (unpaired) electrons. The Hall–Kier alpha value is -1.86. The van der Waals surface area contributed by atoms with Gasteiger partial charge in [-0.1, -0.05) is 0 Å². The Morgan fingerprint density at radius 1 is 1.12 bits per heavy atom. The second kappa shape index (κ2) is 7.17. The molecule has 25 heavy (non-hydrogen) atoms. The second-order valence-electron chi connectivity index (χ2n) is 5.32. The van der Waals surface area contributed by atoms with Crippen LogP contribution in [0.1, 0.15) is 15.9 Å². The maximum absolute atomic E-state index is 12.7. The van der Waals surface area contributed by atoms with Gasteiger partial charge in [-0.2, -0.15) is 0 Å². The third kappa shape index (κ3) is 3.43. The van der Waals surface area contributed by atoms with Crippen LogP contribution in [0.3, 0.4) is 0 Å². The van der Waals surface area contributed by atoms with Crippen molar-refractivity contribution in [2.75, 3.05) is 9.67 Å². The number of aromatic nitrogens is 2. The van der Waals surface area contributed by atoms with Gasteiger partial charge in [0.2, 0.25) is 0 Å². The molecule has 2 heterocycles. The molecule has 1 unspecified atom stereocenters. The summed E-state index contributed by atoms with van der Waals surface area (Å²) in [4.78, 5) is 12.2. The van der Waals surface area contributed by atoms with Crippen molar-refractivity contribution in [3.8, 4) is 0 Å². The standard InChI is InChI=1S/C17H13N3O2S2Se/c21-14(12-6-2-1-3-7-12)11-23-17-19-18-16(24-17)20-10-13-8-4-5-9-15(13)25(20)22/h1-9H,10-11H2. The number of benzene rings is 2. The molecule has 1 atom stereocenters. The van der Waals surface area contributed by atoms with Crippen LogP contribution >= 0.6 is 23.1 Å². The number of ketones is 1. The van der Waals surface area contributed by atoms with Crippen LogP contribution < -0.4 is 8.38 Å². The summed E-state index contributed by atoms with van der Waals surface area (Å²) in [5.41, 5.74) is 1.78. The van der Waals surface area contributed by atoms with Gasteiger partial charge in [-0.3, -0.25) is 0 Å². The van der Waals surface area contributed by atoms with Crippen molar-refractivity contribution < 1.29 is 8.63 Å². The molecular weight excluding hydrogens is 421 g/mol. The molecule has 0 saturated carbocycles. The Morgan fingerprint density at radius 2 is 1.88 bits per heavy atom. The van der Waals surface area contributed by atoms with E-state index < -0.39 is 14.1 Å². The summed E-state index contributed by atoms with van der Waals surface area (Å²) in [6.07, 6.45) is 0. The summed E-state index contributed by atoms with van der Waals surface area (Å²) in [5, 5.41) is 8.98. The Kier molecular flexibility index (Phi) is 4.76. The number of rotatable bonds is 5. The fourth-order valence-corrected chi connectivity index (χ4v) is 7.27. The van der Waals surface area contributed by atoms with E-state index in [1.807, 2.05) is 58.5 Å². The van der Waals surface area contributed by atoms with Crippen LogP contribution in [0.2, 0.25) is 0 Å². The Labute approximate surface area is 157 Å². The van der Waals surface area contributed by atoms with Gasteiger partial charge >= 0.3 is 158 Å². The molecule has 0 aliphatic carbocycles. The predicted octanol–water partition coefficient (Wildman–Crippen LogP) is 2.66. The van der Waals surface area contributed by atoms with Crippen molar-refractivity contribution in [1.29, 1.82) is 0 Å². The number of fused-ring (bicyclic) bond motifs is 1. The van der Waals surface area contributed by atoms with Crippen LogP contribution in [0.4, 0.5) is 5.13 Å². The molecule has 0 saturated heterocycles. The zero-order chi connectivity index (χ0) is 17.2. The molecule has 1 aliphatic heterocycles. The molecule has 2 aromatic carbocycles. The third-order valence-corrected chi connectivity index (χ3v) is 9.15. The number of carbonyl (C=O) groups excluding carboxylic acids is 1. The summed E-state index contributed by atoms with van der Waals surface area (Å²) in [7, 11) is 0. The van der Waals surface area contributed by atoms with Gasteiger partial charge < -0.3 is 0 Å². The third-order valence-electron chi connectivity index (χ3n) is 3.71. The molecule has 0 N–H and O–H groups in total. The van der Waals surface area contributed by atoms with E-state index >= 15 is 0 Å². The first-order chi connectivity index (χ1) is 12.2. The van der Waals surface area contributed by atoms with E-state index in [0.717, 1.165) is 10.0 Å². The molecule has 4 rings (SSSR count). The van der Waals surface area contributed by atoms with Gasteiger partial charge in [0.1, 0.15) is 0 Å². The van der Waals surface area contributed by atoms with Crippen LogP contribution in [0.5, 0.6) is 0 Å². The predicted molar refractivity (Wildman–Crippen MR) is 100 cm³/mol. The van der Waals surface area contributed by atoms with Gasteiger partial charge in [-0.15, -0.1) is 0 Å². The van der Waals surface area contributed by atoms with Crippen molar-refractivity contribution in [3.63, 3.8) is 0 Å². The molecule has 0 fully saturated rings. The zero-order valence-electron chi connectivity index (χ0n) is 13.0. The molecule has 1 aliphatic rings. The van der Waals surface area contributed by atoms with E-state index in [9.17, 15) is 8.63 Å². The molecule has 0 spiro atoms. The van der Waals surface area contributed by atoms with Crippen LogP contribution in [-0.2, 0) is 10.4 Å². The van der Waals surface area contributed by atoms with Crippen LogP contribution in [0, 0.1) is 0 Å². The van der Waals surface area contributed by atoms with Gasteiger partial charge in [-0.05, 0) is 0 Å². The number of hydrogen-bond donors (Lipinski definition) is 0. The first kappa shape index (κ1) is 16.6. The summed E-state index contributed by atoms with van der Waals surface area (Å²) in [6.45, 7) is 0.604. The van der Waals surface area contributed by atoms with Crippen molar-refractivity contribution in [2.24, 2.45) is 0 Å². The van der Waals surface area contributed by atoms with Crippen LogP contribution in [0.25, 0.3) is 0 Å². The van der Waals surface area contributed by atoms with Crippen molar-refractivity contribution >= 4 is 52.5 Å². The van der Waals surface area contributed by atoms with Crippen LogP contribution in [0.15, 0.2) is 58.9 Å². The Bertz CT molecular complexity index is 946. The van der Waals surface area contributed by atoms with Gasteiger partial charge in [0, 0.05) is 0 Å². The van der Waals surface area contributed by atoms with E-state index in [1.54, 1.807) is 0 Å². The molecule has 3 aromatic rings. The van der Waals surface area contributed by atoms with Crippen molar-refractivity contribution in [2.45, 2.75) is 10.9 Å². The quantitative estimate of drug-likeness (QED) is 0.350.